The van der Waals surface area contributed by atoms with Crippen LogP contribution in [0.5, 0.6) is 0 Å². The van der Waals surface area contributed by atoms with E-state index in [0.717, 1.165) is 12.8 Å². The molecule has 1 atom stereocenters. The zero-order valence-electron chi connectivity index (χ0n) is 21.4. The van der Waals surface area contributed by atoms with Gasteiger partial charge in [0.05, 0.1) is 0 Å². The summed E-state index contributed by atoms with van der Waals surface area (Å²) >= 11 is 0. The van der Waals surface area contributed by atoms with Crippen LogP contribution in [-0.2, 0) is 0 Å². The Kier molecular flexibility index (Phi) is 8.63. The molecule has 1 aliphatic carbocycles. The zero-order chi connectivity index (χ0) is 25.5. The summed E-state index contributed by atoms with van der Waals surface area (Å²) in [6, 6.07) is 44.6. The van der Waals surface area contributed by atoms with E-state index < -0.39 is 15.8 Å². The quantitative estimate of drug-likeness (QED) is 0.147. The third-order valence-electron chi connectivity index (χ3n) is 6.79. The fourth-order valence-corrected chi connectivity index (χ4v) is 10.6. The number of hydrogen-bond donors (Lipinski definition) is 0. The van der Waals surface area contributed by atoms with Gasteiger partial charge in [0.1, 0.15) is 0 Å². The first-order chi connectivity index (χ1) is 18.2. The Morgan fingerprint density at radius 1 is 0.595 bits per heavy atom. The highest BCUT2D eigenvalue weighted by Crippen LogP contribution is 2.60. The standard InChI is InChI=1S/C35H34P2/c1-3-16-28(2)25-29-26-34(36(30-17-8-4-9-18-30)31-19-10-5-11-20-31)35(27-29)37(32-21-12-6-13-22-32)33-23-14-7-15-24-33/h3-15,17-24,26-29H,1,16,25H2,2H3. The van der Waals surface area contributed by atoms with Crippen LogP contribution >= 0.6 is 15.8 Å². The van der Waals surface area contributed by atoms with Gasteiger partial charge in [-0.2, -0.15) is 0 Å². The van der Waals surface area contributed by atoms with Gasteiger partial charge in [0.25, 0.3) is 0 Å². The highest BCUT2D eigenvalue weighted by atomic mass is 31.1. The van der Waals surface area contributed by atoms with Crippen LogP contribution in [0, 0.1) is 11.8 Å². The number of rotatable bonds is 10. The van der Waals surface area contributed by atoms with E-state index in [1.54, 1.807) is 0 Å². The molecule has 184 valence electrons. The average molecular weight is 517 g/mol. The predicted molar refractivity (Wildman–Crippen MR) is 166 cm³/mol. The van der Waals surface area contributed by atoms with Crippen molar-refractivity contribution in [3.8, 4) is 0 Å². The SMILES string of the molecule is C=CCC(C)CC1C=C(P(c2ccccc2)c2ccccc2)C(P(c2ccccc2)c2ccccc2)=C1. The van der Waals surface area contributed by atoms with Crippen molar-refractivity contribution < 1.29 is 0 Å². The van der Waals surface area contributed by atoms with E-state index in [0.29, 0.717) is 11.8 Å². The molecule has 0 heterocycles. The van der Waals surface area contributed by atoms with E-state index in [1.165, 1.54) is 31.8 Å². The summed E-state index contributed by atoms with van der Waals surface area (Å²) in [5.74, 6) is 1.05. The fourth-order valence-electron chi connectivity index (χ4n) is 5.15. The molecule has 0 radical (unpaired) electrons. The largest absolute Gasteiger partial charge is 0.103 e. The molecule has 0 fully saturated rings. The molecule has 1 unspecified atom stereocenters. The molecule has 4 aromatic rings. The van der Waals surface area contributed by atoms with Gasteiger partial charge in [0.15, 0.2) is 0 Å². The van der Waals surface area contributed by atoms with E-state index in [4.69, 9.17) is 0 Å². The number of benzene rings is 4. The van der Waals surface area contributed by atoms with Crippen molar-refractivity contribution in [3.63, 3.8) is 0 Å². The Balaban J connectivity index is 1.68. The van der Waals surface area contributed by atoms with Crippen LogP contribution in [0.1, 0.15) is 19.8 Å². The minimum atomic E-state index is -0.675. The van der Waals surface area contributed by atoms with Gasteiger partial charge in [0, 0.05) is 0 Å². The molecule has 1 aliphatic rings. The molecule has 0 aromatic heterocycles. The maximum absolute atomic E-state index is 4.00. The summed E-state index contributed by atoms with van der Waals surface area (Å²) in [5.41, 5.74) is 0. The Morgan fingerprint density at radius 3 is 1.22 bits per heavy atom. The van der Waals surface area contributed by atoms with Crippen LogP contribution < -0.4 is 21.2 Å². The zero-order valence-corrected chi connectivity index (χ0v) is 23.2. The molecule has 0 saturated heterocycles. The number of hydrogen-bond acceptors (Lipinski definition) is 0. The van der Waals surface area contributed by atoms with Gasteiger partial charge in [-0.25, -0.2) is 0 Å². The summed E-state index contributed by atoms with van der Waals surface area (Å²) in [4.78, 5) is 0. The first kappa shape index (κ1) is 25.6. The summed E-state index contributed by atoms with van der Waals surface area (Å²) < 4.78 is 0. The summed E-state index contributed by atoms with van der Waals surface area (Å²) in [7, 11) is -1.35. The lowest BCUT2D eigenvalue weighted by Crippen LogP contribution is -2.17. The van der Waals surface area contributed by atoms with Gasteiger partial charge in [0.2, 0.25) is 0 Å². The molecule has 2 heteroatoms. The van der Waals surface area contributed by atoms with E-state index in [-0.39, 0.29) is 0 Å². The van der Waals surface area contributed by atoms with Gasteiger partial charge >= 0.3 is 0 Å². The van der Waals surface area contributed by atoms with Crippen LogP contribution in [0.2, 0.25) is 0 Å². The summed E-state index contributed by atoms with van der Waals surface area (Å²) in [6.45, 7) is 6.35. The van der Waals surface area contributed by atoms with Gasteiger partial charge in [-0.05, 0) is 72.4 Å². The molecule has 0 N–H and O–H groups in total. The summed E-state index contributed by atoms with van der Waals surface area (Å²) in [6.07, 6.45) is 9.50. The van der Waals surface area contributed by atoms with Crippen LogP contribution in [0.3, 0.4) is 0 Å². The first-order valence-corrected chi connectivity index (χ1v) is 15.8. The molecule has 0 spiro atoms. The molecule has 0 nitrogen and oxygen atoms in total. The van der Waals surface area contributed by atoms with Crippen LogP contribution in [0.15, 0.2) is 157 Å². The van der Waals surface area contributed by atoms with Gasteiger partial charge < -0.3 is 0 Å². The van der Waals surface area contributed by atoms with Crippen molar-refractivity contribution >= 4 is 37.1 Å². The molecule has 37 heavy (non-hydrogen) atoms. The molecule has 0 bridgehead atoms. The maximum Gasteiger partial charge on any atom is -0.00312 e. The van der Waals surface area contributed by atoms with Crippen molar-refractivity contribution in [2.24, 2.45) is 11.8 Å². The second-order valence-corrected chi connectivity index (χ2v) is 14.0. The molecule has 4 aromatic carbocycles. The van der Waals surface area contributed by atoms with E-state index in [1.807, 2.05) is 0 Å². The van der Waals surface area contributed by atoms with Crippen molar-refractivity contribution in [3.05, 3.63) is 157 Å². The first-order valence-electron chi connectivity index (χ1n) is 13.1. The Hall–Kier alpha value is -3.04. The second-order valence-electron chi connectivity index (χ2n) is 9.65. The third-order valence-corrected chi connectivity index (χ3v) is 12.0. The number of allylic oxidation sites excluding steroid dienone is 5. The minimum Gasteiger partial charge on any atom is -0.103 e. The van der Waals surface area contributed by atoms with Crippen molar-refractivity contribution in [2.45, 2.75) is 19.8 Å². The van der Waals surface area contributed by atoms with Crippen molar-refractivity contribution in [1.82, 2.24) is 0 Å². The Morgan fingerprint density at radius 2 is 0.919 bits per heavy atom. The second kappa shape index (κ2) is 12.5. The molecule has 0 aliphatic heterocycles. The Labute approximate surface area is 225 Å². The third kappa shape index (κ3) is 6.10. The van der Waals surface area contributed by atoms with Gasteiger partial charge in [-0.1, -0.05) is 146 Å². The van der Waals surface area contributed by atoms with E-state index in [9.17, 15) is 0 Å². The smallest absolute Gasteiger partial charge is 0.00312 e. The monoisotopic (exact) mass is 516 g/mol. The van der Waals surface area contributed by atoms with Gasteiger partial charge in [-0.3, -0.25) is 0 Å². The van der Waals surface area contributed by atoms with E-state index >= 15 is 0 Å². The van der Waals surface area contributed by atoms with Crippen molar-refractivity contribution in [2.75, 3.05) is 0 Å². The fraction of sp³-hybridized carbons (Fsp3) is 0.143. The van der Waals surface area contributed by atoms with Crippen LogP contribution in [0.25, 0.3) is 0 Å². The van der Waals surface area contributed by atoms with E-state index in [2.05, 4.69) is 153 Å². The lowest BCUT2D eigenvalue weighted by Gasteiger charge is -2.28. The van der Waals surface area contributed by atoms with Gasteiger partial charge in [-0.15, -0.1) is 6.58 Å². The average Bonchev–Trinajstić information content (AvgIpc) is 3.33. The lowest BCUT2D eigenvalue weighted by molar-refractivity contribution is 0.498. The van der Waals surface area contributed by atoms with Crippen LogP contribution in [0.4, 0.5) is 0 Å². The highest BCUT2D eigenvalue weighted by molar-refractivity contribution is 7.82. The molecule has 0 saturated carbocycles. The molecular weight excluding hydrogens is 482 g/mol. The minimum absolute atomic E-state index is 0.440. The topological polar surface area (TPSA) is 0 Å². The Bertz CT molecular complexity index is 1160. The summed E-state index contributed by atoms with van der Waals surface area (Å²) in [5, 5.41) is 8.71. The van der Waals surface area contributed by atoms with Crippen LogP contribution in [-0.4, -0.2) is 0 Å². The maximum atomic E-state index is 4.00. The molecule has 0 amide bonds. The van der Waals surface area contributed by atoms with Crippen molar-refractivity contribution in [1.29, 1.82) is 0 Å². The lowest BCUT2D eigenvalue weighted by atomic mass is 9.95. The predicted octanol–water partition coefficient (Wildman–Crippen LogP) is 8.25. The molecule has 5 rings (SSSR count). The molecular formula is C35H34P2. The normalized spacial score (nSPS) is 14.5. The highest BCUT2D eigenvalue weighted by Gasteiger charge is 2.32.